The first-order chi connectivity index (χ1) is 14.3. The minimum atomic E-state index is -1.18. The van der Waals surface area contributed by atoms with Crippen molar-refractivity contribution >= 4 is 46.1 Å². The van der Waals surface area contributed by atoms with Crippen molar-refractivity contribution < 1.29 is 13.8 Å². The summed E-state index contributed by atoms with van der Waals surface area (Å²) in [6, 6.07) is 7.58. The summed E-state index contributed by atoms with van der Waals surface area (Å²) in [7, 11) is 0.389. The van der Waals surface area contributed by atoms with E-state index in [0.29, 0.717) is 28.6 Å². The standard InChI is InChI=1S/C21H27N5O3S/c1-5-14-6-9-16(18(10-14)30(4)29)22-17-11-19(24-21(28)15-7-8-15)23-20(13(17)2)25-26(3)12-27/h6,9-12,15H,5,7-8H2,1-4H3,(H3,22,23,24,25,28). The summed E-state index contributed by atoms with van der Waals surface area (Å²) in [5, 5.41) is 7.42. The Balaban J connectivity index is 1.99. The van der Waals surface area contributed by atoms with Crippen LogP contribution in [0.3, 0.4) is 0 Å². The topological polar surface area (TPSA) is 103 Å². The molecule has 3 rings (SSSR count). The summed E-state index contributed by atoms with van der Waals surface area (Å²) in [5.41, 5.74) is 6.16. The highest BCUT2D eigenvalue weighted by Gasteiger charge is 2.30. The van der Waals surface area contributed by atoms with Crippen molar-refractivity contribution in [2.24, 2.45) is 5.92 Å². The lowest BCUT2D eigenvalue weighted by atomic mass is 10.1. The highest BCUT2D eigenvalue weighted by atomic mass is 32.2. The summed E-state index contributed by atoms with van der Waals surface area (Å²) in [5.74, 6) is 0.792. The first-order valence-corrected chi connectivity index (χ1v) is 11.4. The van der Waals surface area contributed by atoms with Crippen LogP contribution < -0.4 is 16.1 Å². The Bertz CT molecular complexity index is 991. The van der Waals surface area contributed by atoms with Crippen LogP contribution in [0.25, 0.3) is 0 Å². The van der Waals surface area contributed by atoms with Crippen molar-refractivity contribution in [3.63, 3.8) is 0 Å². The molecule has 1 aliphatic carbocycles. The van der Waals surface area contributed by atoms with Gasteiger partial charge in [0.15, 0.2) is 5.82 Å². The lowest BCUT2D eigenvalue weighted by molar-refractivity contribution is -0.117. The van der Waals surface area contributed by atoms with E-state index in [9.17, 15) is 13.8 Å². The molecule has 30 heavy (non-hydrogen) atoms. The molecule has 1 heterocycles. The van der Waals surface area contributed by atoms with E-state index in [4.69, 9.17) is 0 Å². The smallest absolute Gasteiger partial charge is 0.228 e. The number of nitrogens with one attached hydrogen (secondary N) is 3. The number of hydrogen-bond acceptors (Lipinski definition) is 6. The van der Waals surface area contributed by atoms with Gasteiger partial charge in [-0.05, 0) is 43.9 Å². The second kappa shape index (κ2) is 9.25. The van der Waals surface area contributed by atoms with E-state index in [0.717, 1.165) is 36.1 Å². The highest BCUT2D eigenvalue weighted by molar-refractivity contribution is 7.84. The summed E-state index contributed by atoms with van der Waals surface area (Å²) >= 11 is 0. The molecule has 160 valence electrons. The van der Waals surface area contributed by atoms with Gasteiger partial charge >= 0.3 is 0 Å². The number of pyridine rings is 1. The minimum absolute atomic E-state index is 0.0364. The highest BCUT2D eigenvalue weighted by Crippen LogP contribution is 2.33. The fraction of sp³-hybridized carbons (Fsp3) is 0.381. The molecule has 2 amide bonds. The number of rotatable bonds is 9. The van der Waals surface area contributed by atoms with E-state index in [-0.39, 0.29) is 11.8 Å². The van der Waals surface area contributed by atoms with Gasteiger partial charge in [0.2, 0.25) is 12.3 Å². The number of amides is 2. The van der Waals surface area contributed by atoms with Crippen molar-refractivity contribution in [3.05, 3.63) is 35.4 Å². The predicted octanol–water partition coefficient (Wildman–Crippen LogP) is 3.20. The van der Waals surface area contributed by atoms with Crippen LogP contribution in [0, 0.1) is 12.8 Å². The number of aryl methyl sites for hydroxylation is 1. The largest absolute Gasteiger partial charge is 0.354 e. The molecule has 0 saturated heterocycles. The molecule has 1 saturated carbocycles. The van der Waals surface area contributed by atoms with Crippen molar-refractivity contribution in [1.29, 1.82) is 0 Å². The first kappa shape index (κ1) is 21.8. The number of carbonyl (C=O) groups is 2. The van der Waals surface area contributed by atoms with Crippen LogP contribution in [0.5, 0.6) is 0 Å². The van der Waals surface area contributed by atoms with E-state index in [2.05, 4.69) is 21.0 Å². The van der Waals surface area contributed by atoms with Gasteiger partial charge in [-0.3, -0.25) is 24.2 Å². The van der Waals surface area contributed by atoms with Gasteiger partial charge in [-0.15, -0.1) is 0 Å². The van der Waals surface area contributed by atoms with E-state index < -0.39 is 10.8 Å². The van der Waals surface area contributed by atoms with Crippen LogP contribution in [0.15, 0.2) is 29.2 Å². The van der Waals surface area contributed by atoms with Crippen molar-refractivity contribution in [2.75, 3.05) is 29.4 Å². The van der Waals surface area contributed by atoms with E-state index in [1.54, 1.807) is 19.4 Å². The zero-order valence-corrected chi connectivity index (χ0v) is 18.4. The molecule has 2 aromatic rings. The predicted molar refractivity (Wildman–Crippen MR) is 119 cm³/mol. The van der Waals surface area contributed by atoms with Gasteiger partial charge in [0.05, 0.1) is 21.4 Å². The normalized spacial score (nSPS) is 14.0. The summed E-state index contributed by atoms with van der Waals surface area (Å²) in [6.45, 7) is 3.90. The van der Waals surface area contributed by atoms with Gasteiger partial charge in [0, 0.05) is 36.5 Å². The quantitative estimate of drug-likeness (QED) is 0.418. The molecule has 1 aromatic carbocycles. The average molecular weight is 430 g/mol. The summed E-state index contributed by atoms with van der Waals surface area (Å²) in [4.78, 5) is 28.4. The molecule has 9 heteroatoms. The Labute approximate surface area is 178 Å². The molecular weight excluding hydrogens is 402 g/mol. The number of aromatic nitrogens is 1. The molecule has 1 unspecified atom stereocenters. The summed E-state index contributed by atoms with van der Waals surface area (Å²) in [6.07, 6.45) is 4.90. The van der Waals surface area contributed by atoms with Crippen LogP contribution in [0.2, 0.25) is 0 Å². The second-order valence-electron chi connectivity index (χ2n) is 7.38. The lowest BCUT2D eigenvalue weighted by Crippen LogP contribution is -2.25. The van der Waals surface area contributed by atoms with Crippen molar-refractivity contribution in [3.8, 4) is 0 Å². The molecule has 0 aliphatic heterocycles. The zero-order chi connectivity index (χ0) is 21.8. The maximum Gasteiger partial charge on any atom is 0.228 e. The molecular formula is C21H27N5O3S. The Morgan fingerprint density at radius 2 is 2.03 bits per heavy atom. The average Bonchev–Trinajstić information content (AvgIpc) is 3.56. The van der Waals surface area contributed by atoms with Gasteiger partial charge in [0.1, 0.15) is 5.82 Å². The molecule has 3 N–H and O–H groups in total. The monoisotopic (exact) mass is 429 g/mol. The van der Waals surface area contributed by atoms with Crippen LogP contribution in [-0.2, 0) is 26.8 Å². The van der Waals surface area contributed by atoms with Gasteiger partial charge in [0.25, 0.3) is 0 Å². The molecule has 1 aliphatic rings. The number of hydrazine groups is 1. The molecule has 8 nitrogen and oxygen atoms in total. The van der Waals surface area contributed by atoms with E-state index >= 15 is 0 Å². The van der Waals surface area contributed by atoms with Crippen molar-refractivity contribution in [2.45, 2.75) is 38.0 Å². The SMILES string of the molecule is CCc1ccc(Nc2cc(NC(=O)C3CC3)nc(NN(C)C=O)c2C)c(S(C)=O)c1. The van der Waals surface area contributed by atoms with Gasteiger partial charge in [-0.25, -0.2) is 4.98 Å². The first-order valence-electron chi connectivity index (χ1n) is 9.83. The van der Waals surface area contributed by atoms with Gasteiger partial charge in [-0.1, -0.05) is 13.0 Å². The Kier molecular flexibility index (Phi) is 6.71. The number of nitrogens with zero attached hydrogens (tertiary/aromatic N) is 2. The minimum Gasteiger partial charge on any atom is -0.354 e. The fourth-order valence-corrected chi connectivity index (χ4v) is 3.70. The Morgan fingerprint density at radius 1 is 1.30 bits per heavy atom. The Morgan fingerprint density at radius 3 is 2.63 bits per heavy atom. The molecule has 1 fully saturated rings. The number of anilines is 4. The Hall–Kier alpha value is -2.94. The number of benzene rings is 1. The van der Waals surface area contributed by atoms with Crippen LogP contribution in [0.4, 0.5) is 23.0 Å². The van der Waals surface area contributed by atoms with Gasteiger partial charge in [-0.2, -0.15) is 0 Å². The molecule has 0 spiro atoms. The summed E-state index contributed by atoms with van der Waals surface area (Å²) < 4.78 is 12.3. The van der Waals surface area contributed by atoms with Crippen LogP contribution >= 0.6 is 0 Å². The van der Waals surface area contributed by atoms with Crippen LogP contribution in [-0.4, -0.2) is 39.8 Å². The van der Waals surface area contributed by atoms with Crippen molar-refractivity contribution in [1.82, 2.24) is 9.99 Å². The molecule has 1 aromatic heterocycles. The molecule has 1 atom stereocenters. The number of hydrogen-bond donors (Lipinski definition) is 3. The van der Waals surface area contributed by atoms with E-state index in [1.807, 2.05) is 32.0 Å². The zero-order valence-electron chi connectivity index (χ0n) is 17.6. The maximum atomic E-state index is 12.3. The van der Waals surface area contributed by atoms with Crippen LogP contribution in [0.1, 0.15) is 30.9 Å². The fourth-order valence-electron chi connectivity index (χ4n) is 2.95. The third kappa shape index (κ3) is 5.15. The number of carbonyl (C=O) groups excluding carboxylic acids is 2. The molecule has 0 radical (unpaired) electrons. The molecule has 0 bridgehead atoms. The van der Waals surface area contributed by atoms with Gasteiger partial charge < -0.3 is 10.6 Å². The second-order valence-corrected chi connectivity index (χ2v) is 8.73. The maximum absolute atomic E-state index is 12.3. The third-order valence-corrected chi connectivity index (χ3v) is 5.90. The third-order valence-electron chi connectivity index (χ3n) is 4.95. The van der Waals surface area contributed by atoms with E-state index in [1.165, 1.54) is 5.01 Å². The lowest BCUT2D eigenvalue weighted by Gasteiger charge is -2.20.